The van der Waals surface area contributed by atoms with Gasteiger partial charge in [0, 0.05) is 17.5 Å². The number of fused-ring (bicyclic) bond motifs is 1. The van der Waals surface area contributed by atoms with Crippen molar-refractivity contribution in [2.24, 2.45) is 10.6 Å². The molecule has 0 aromatic carbocycles. The number of rotatable bonds is 10. The van der Waals surface area contributed by atoms with Crippen molar-refractivity contribution < 1.29 is 29.1 Å². The van der Waals surface area contributed by atoms with E-state index in [4.69, 9.17) is 28.0 Å². The molecule has 4 atom stereocenters. The summed E-state index contributed by atoms with van der Waals surface area (Å²) in [7, 11) is 1.20. The first-order valence-electron chi connectivity index (χ1n) is 10.7. The summed E-state index contributed by atoms with van der Waals surface area (Å²) in [6.07, 6.45) is 0.347. The standard InChI is InChI=1S/C19H19Cl2N9O6S2/c1-7(38-18-25-28-29-26-18)19(17(34)35)4-30-15(33)12(16(30)37-5-19)24-14(32)11(27-36-2)10-8(20)3-9(21)13(23-10)22-6-31/h3,6-7,12,16H,4-5H2,1-2H3,(H,24,32)(H,34,35)(H,22,23,31)(H,25,26,28,29)/t7?,12?,16-,19?/m1/s1. The normalized spacial score (nSPS) is 23.6. The van der Waals surface area contributed by atoms with E-state index in [-0.39, 0.29) is 44.7 Å². The van der Waals surface area contributed by atoms with Crippen LogP contribution < -0.4 is 10.6 Å². The topological polar surface area (TPSA) is 205 Å². The molecule has 3 unspecified atom stereocenters. The van der Waals surface area contributed by atoms with Gasteiger partial charge in [0.1, 0.15) is 29.6 Å². The van der Waals surface area contributed by atoms with Crippen molar-refractivity contribution in [3.63, 3.8) is 0 Å². The van der Waals surface area contributed by atoms with E-state index in [2.05, 4.69) is 41.4 Å². The molecule has 0 radical (unpaired) electrons. The van der Waals surface area contributed by atoms with E-state index < -0.39 is 39.9 Å². The molecule has 4 rings (SSSR count). The second-order valence-corrected chi connectivity index (χ2v) is 11.3. The van der Waals surface area contributed by atoms with Gasteiger partial charge in [-0.2, -0.15) is 5.21 Å². The number of pyridine rings is 1. The van der Waals surface area contributed by atoms with Crippen LogP contribution in [0.15, 0.2) is 16.4 Å². The zero-order valence-electron chi connectivity index (χ0n) is 19.5. The predicted molar refractivity (Wildman–Crippen MR) is 137 cm³/mol. The molecule has 0 bridgehead atoms. The minimum absolute atomic E-state index is 0.0279. The number of β-lactam (4-membered cyclic amide) rings is 1. The van der Waals surface area contributed by atoms with Crippen LogP contribution in [-0.2, 0) is 24.0 Å². The van der Waals surface area contributed by atoms with Crippen molar-refractivity contribution in [3.05, 3.63) is 21.8 Å². The second-order valence-electron chi connectivity index (χ2n) is 8.07. The number of carboxylic acid groups (broad SMARTS) is 1. The number of hydrogen-bond acceptors (Lipinski definition) is 12. The number of carbonyl (C=O) groups is 4. The van der Waals surface area contributed by atoms with Crippen molar-refractivity contribution in [1.82, 2.24) is 35.8 Å². The SMILES string of the molecule is CON=C(C(=O)NC1C(=O)N2CC(C(=O)O)(C(C)Sc3nn[nH]n3)CS[C@H]12)c1nc(NC=O)c(Cl)cc1Cl. The lowest BCUT2D eigenvalue weighted by Gasteiger charge is -2.54. The molecule has 38 heavy (non-hydrogen) atoms. The van der Waals surface area contributed by atoms with Crippen molar-refractivity contribution in [2.75, 3.05) is 24.7 Å². The first kappa shape index (κ1) is 27.9. The van der Waals surface area contributed by atoms with E-state index in [9.17, 15) is 24.3 Å². The maximum absolute atomic E-state index is 13.1. The van der Waals surface area contributed by atoms with Gasteiger partial charge in [0.05, 0.1) is 10.0 Å². The molecule has 0 spiro atoms. The van der Waals surface area contributed by atoms with E-state index in [0.717, 1.165) is 11.8 Å². The fourth-order valence-electron chi connectivity index (χ4n) is 3.90. The third-order valence-corrected chi connectivity index (χ3v) is 9.27. The Balaban J connectivity index is 1.50. The molecule has 0 saturated carbocycles. The molecule has 0 aliphatic carbocycles. The number of amides is 3. The summed E-state index contributed by atoms with van der Waals surface area (Å²) in [5.74, 6) is -2.25. The van der Waals surface area contributed by atoms with Crippen molar-refractivity contribution in [1.29, 1.82) is 0 Å². The van der Waals surface area contributed by atoms with E-state index in [1.807, 2.05) is 0 Å². The Kier molecular flexibility index (Phi) is 8.29. The first-order valence-corrected chi connectivity index (χ1v) is 13.4. The zero-order valence-corrected chi connectivity index (χ0v) is 22.7. The van der Waals surface area contributed by atoms with Crippen LogP contribution in [0.3, 0.4) is 0 Å². The molecule has 3 amide bonds. The van der Waals surface area contributed by atoms with E-state index >= 15 is 0 Å². The summed E-state index contributed by atoms with van der Waals surface area (Å²) in [5.41, 5.74) is -1.79. The van der Waals surface area contributed by atoms with Crippen molar-refractivity contribution >= 4 is 82.4 Å². The van der Waals surface area contributed by atoms with Gasteiger partial charge in [-0.1, -0.05) is 47.0 Å². The molecule has 19 heteroatoms. The highest BCUT2D eigenvalue weighted by atomic mass is 35.5. The van der Waals surface area contributed by atoms with Gasteiger partial charge in [-0.3, -0.25) is 19.2 Å². The summed E-state index contributed by atoms with van der Waals surface area (Å²) in [6.45, 7) is 1.66. The minimum Gasteiger partial charge on any atom is -0.481 e. The lowest BCUT2D eigenvalue weighted by atomic mass is 9.84. The molecular formula is C19H19Cl2N9O6S2. The highest BCUT2D eigenvalue weighted by Gasteiger charge is 2.59. The summed E-state index contributed by atoms with van der Waals surface area (Å²) in [5, 5.41) is 31.4. The van der Waals surface area contributed by atoms with Crippen LogP contribution in [0.5, 0.6) is 0 Å². The van der Waals surface area contributed by atoms with Gasteiger partial charge in [-0.25, -0.2) is 4.98 Å². The number of nitrogens with one attached hydrogen (secondary N) is 3. The van der Waals surface area contributed by atoms with E-state index in [1.54, 1.807) is 6.92 Å². The smallest absolute Gasteiger partial charge is 0.313 e. The number of nitrogens with zero attached hydrogens (tertiary/aromatic N) is 6. The molecule has 202 valence electrons. The monoisotopic (exact) mass is 603 g/mol. The first-order chi connectivity index (χ1) is 18.1. The Morgan fingerprint density at radius 2 is 2.21 bits per heavy atom. The number of anilines is 1. The number of H-pyrrole nitrogens is 1. The average Bonchev–Trinajstić information content (AvgIpc) is 3.40. The number of aromatic amines is 1. The van der Waals surface area contributed by atoms with Gasteiger partial charge >= 0.3 is 5.97 Å². The number of thioether (sulfide) groups is 2. The van der Waals surface area contributed by atoms with Crippen LogP contribution in [0.2, 0.25) is 10.0 Å². The van der Waals surface area contributed by atoms with Crippen LogP contribution in [0.1, 0.15) is 12.6 Å². The van der Waals surface area contributed by atoms with E-state index in [1.165, 1.54) is 29.8 Å². The number of carbonyl (C=O) groups excluding carboxylic acids is 3. The van der Waals surface area contributed by atoms with Crippen LogP contribution in [-0.4, -0.2) is 102 Å². The van der Waals surface area contributed by atoms with Crippen LogP contribution in [0.25, 0.3) is 0 Å². The Hall–Kier alpha value is -3.15. The highest BCUT2D eigenvalue weighted by Crippen LogP contribution is 2.47. The highest BCUT2D eigenvalue weighted by molar-refractivity contribution is 8.01. The fourth-order valence-corrected chi connectivity index (χ4v) is 7.16. The summed E-state index contributed by atoms with van der Waals surface area (Å²) in [4.78, 5) is 59.6. The lowest BCUT2D eigenvalue weighted by molar-refractivity contribution is -0.158. The van der Waals surface area contributed by atoms with Gasteiger partial charge in [-0.15, -0.1) is 22.0 Å². The molecule has 4 heterocycles. The average molecular weight is 604 g/mol. The maximum atomic E-state index is 13.1. The number of aliphatic carboxylic acids is 1. The summed E-state index contributed by atoms with van der Waals surface area (Å²) < 4.78 is 0. The molecule has 4 N–H and O–H groups in total. The van der Waals surface area contributed by atoms with Crippen LogP contribution >= 0.6 is 46.7 Å². The molecule has 2 aliphatic heterocycles. The Morgan fingerprint density at radius 1 is 1.45 bits per heavy atom. The molecular weight excluding hydrogens is 585 g/mol. The molecule has 15 nitrogen and oxygen atoms in total. The number of tetrazole rings is 1. The Labute approximate surface area is 232 Å². The Bertz CT molecular complexity index is 1300. The lowest BCUT2D eigenvalue weighted by Crippen LogP contribution is -2.74. The summed E-state index contributed by atoms with van der Waals surface area (Å²) >= 11 is 14.6. The van der Waals surface area contributed by atoms with Crippen molar-refractivity contribution in [2.45, 2.75) is 28.7 Å². The van der Waals surface area contributed by atoms with Crippen LogP contribution in [0.4, 0.5) is 5.82 Å². The summed E-state index contributed by atoms with van der Waals surface area (Å²) in [6, 6.07) is 0.308. The second kappa shape index (κ2) is 11.3. The number of aromatic nitrogens is 5. The number of hydrogen-bond donors (Lipinski definition) is 4. The maximum Gasteiger partial charge on any atom is 0.313 e. The fraction of sp³-hybridized carbons (Fsp3) is 0.421. The Morgan fingerprint density at radius 3 is 2.84 bits per heavy atom. The predicted octanol–water partition coefficient (Wildman–Crippen LogP) is 0.472. The van der Waals surface area contributed by atoms with Gasteiger partial charge < -0.3 is 25.5 Å². The van der Waals surface area contributed by atoms with Gasteiger partial charge in [0.15, 0.2) is 11.5 Å². The van der Waals surface area contributed by atoms with Crippen molar-refractivity contribution in [3.8, 4) is 0 Å². The van der Waals surface area contributed by atoms with Crippen LogP contribution in [0, 0.1) is 5.41 Å². The zero-order chi connectivity index (χ0) is 27.6. The molecule has 2 aliphatic rings. The molecule has 2 fully saturated rings. The largest absolute Gasteiger partial charge is 0.481 e. The third kappa shape index (κ3) is 5.10. The molecule has 2 aromatic heterocycles. The molecule has 2 aromatic rings. The van der Waals surface area contributed by atoms with Gasteiger partial charge in [0.2, 0.25) is 17.5 Å². The number of oxime groups is 1. The number of halogens is 2. The van der Waals surface area contributed by atoms with Gasteiger partial charge in [-0.05, 0) is 11.3 Å². The number of carboxylic acids is 1. The molecule has 2 saturated heterocycles. The quantitative estimate of drug-likeness (QED) is 0.0961. The third-order valence-electron chi connectivity index (χ3n) is 5.95. The minimum atomic E-state index is -1.29. The van der Waals surface area contributed by atoms with E-state index in [0.29, 0.717) is 6.41 Å². The van der Waals surface area contributed by atoms with Gasteiger partial charge in [0.25, 0.3) is 5.91 Å².